The number of carbonyl (C=O) groups excluding carboxylic acids is 2. The molecule has 2 amide bonds. The molecular weight excluding hydrogens is 418 g/mol. The quantitative estimate of drug-likeness (QED) is 0.528. The van der Waals surface area contributed by atoms with E-state index < -0.39 is 12.5 Å². The van der Waals surface area contributed by atoms with Gasteiger partial charge in [-0.15, -0.1) is 0 Å². The summed E-state index contributed by atoms with van der Waals surface area (Å²) in [4.78, 5) is 24.9. The fourth-order valence-electron chi connectivity index (χ4n) is 2.96. The zero-order valence-electron chi connectivity index (χ0n) is 17.5. The average Bonchev–Trinajstić information content (AvgIpc) is 2.77. The van der Waals surface area contributed by atoms with Crippen molar-refractivity contribution in [2.75, 3.05) is 12.4 Å². The summed E-state index contributed by atoms with van der Waals surface area (Å²) in [7, 11) is 1.32. The van der Waals surface area contributed by atoms with Crippen LogP contribution >= 0.6 is 0 Å². The van der Waals surface area contributed by atoms with Gasteiger partial charge in [0.25, 0.3) is 11.8 Å². The van der Waals surface area contributed by atoms with Gasteiger partial charge in [-0.05, 0) is 55.0 Å². The van der Waals surface area contributed by atoms with E-state index in [0.29, 0.717) is 11.3 Å². The number of aryl methyl sites for hydroxylation is 1. The topological polar surface area (TPSA) is 76.7 Å². The van der Waals surface area contributed by atoms with Crippen LogP contribution in [0.3, 0.4) is 0 Å². The number of rotatable bonds is 8. The van der Waals surface area contributed by atoms with Crippen molar-refractivity contribution in [1.82, 2.24) is 5.32 Å². The number of nitrogens with one attached hydrogen (secondary N) is 2. The van der Waals surface area contributed by atoms with Gasteiger partial charge in [-0.1, -0.05) is 29.8 Å². The molecule has 0 saturated carbocycles. The highest BCUT2D eigenvalue weighted by Crippen LogP contribution is 2.29. The van der Waals surface area contributed by atoms with Crippen LogP contribution in [-0.2, 0) is 6.54 Å². The number of alkyl halides is 2. The molecule has 8 heteroatoms. The molecule has 0 fully saturated rings. The summed E-state index contributed by atoms with van der Waals surface area (Å²) in [6.07, 6.45) is 0. The van der Waals surface area contributed by atoms with Gasteiger partial charge in [0, 0.05) is 23.4 Å². The first-order valence-electron chi connectivity index (χ1n) is 9.73. The Morgan fingerprint density at radius 2 is 1.62 bits per heavy atom. The lowest BCUT2D eigenvalue weighted by molar-refractivity contribution is -0.0512. The molecule has 3 rings (SSSR count). The molecule has 0 heterocycles. The highest BCUT2D eigenvalue weighted by Gasteiger charge is 2.15. The second-order valence-corrected chi connectivity index (χ2v) is 6.95. The van der Waals surface area contributed by atoms with E-state index in [1.54, 1.807) is 36.4 Å². The van der Waals surface area contributed by atoms with Crippen LogP contribution in [0.15, 0.2) is 66.7 Å². The van der Waals surface area contributed by atoms with Crippen LogP contribution in [0.5, 0.6) is 11.5 Å². The number of benzene rings is 3. The van der Waals surface area contributed by atoms with Gasteiger partial charge in [0.05, 0.1) is 7.11 Å². The fourth-order valence-corrected chi connectivity index (χ4v) is 2.96. The van der Waals surface area contributed by atoms with Gasteiger partial charge in [-0.25, -0.2) is 0 Å². The van der Waals surface area contributed by atoms with Crippen LogP contribution in [-0.4, -0.2) is 25.5 Å². The average molecular weight is 440 g/mol. The third kappa shape index (κ3) is 6.04. The fraction of sp³-hybridized carbons (Fsp3) is 0.167. The molecule has 0 atom stereocenters. The third-order valence-electron chi connectivity index (χ3n) is 4.59. The highest BCUT2D eigenvalue weighted by atomic mass is 19.3. The SMILES string of the molecule is COc1ccc(C(=O)NCc2cccc(NC(=O)c3ccc(C)cc3)c2)cc1OC(F)F. The Labute approximate surface area is 184 Å². The van der Waals surface area contributed by atoms with Crippen molar-refractivity contribution in [3.63, 3.8) is 0 Å². The van der Waals surface area contributed by atoms with Crippen molar-refractivity contribution >= 4 is 17.5 Å². The van der Waals surface area contributed by atoms with E-state index in [0.717, 1.165) is 11.1 Å². The van der Waals surface area contributed by atoms with Crippen molar-refractivity contribution in [1.29, 1.82) is 0 Å². The minimum Gasteiger partial charge on any atom is -0.493 e. The Balaban J connectivity index is 1.64. The van der Waals surface area contributed by atoms with E-state index in [2.05, 4.69) is 15.4 Å². The first kappa shape index (κ1) is 22.7. The Bertz CT molecular complexity index is 1100. The molecule has 6 nitrogen and oxygen atoms in total. The molecule has 0 aromatic heterocycles. The lowest BCUT2D eigenvalue weighted by Gasteiger charge is -2.12. The number of ether oxygens (including phenoxy) is 2. The van der Waals surface area contributed by atoms with Crippen LogP contribution in [0, 0.1) is 6.92 Å². The van der Waals surface area contributed by atoms with Gasteiger partial charge >= 0.3 is 6.61 Å². The number of halogens is 2. The molecule has 32 heavy (non-hydrogen) atoms. The second kappa shape index (κ2) is 10.4. The summed E-state index contributed by atoms with van der Waals surface area (Å²) in [6, 6.07) is 18.3. The predicted molar refractivity (Wildman–Crippen MR) is 116 cm³/mol. The molecule has 166 valence electrons. The van der Waals surface area contributed by atoms with Crippen molar-refractivity contribution in [2.24, 2.45) is 0 Å². The van der Waals surface area contributed by atoms with Crippen LogP contribution in [0.4, 0.5) is 14.5 Å². The molecule has 0 saturated heterocycles. The molecule has 0 unspecified atom stereocenters. The molecule has 3 aromatic rings. The first-order chi connectivity index (χ1) is 15.4. The highest BCUT2D eigenvalue weighted by molar-refractivity contribution is 6.04. The van der Waals surface area contributed by atoms with Gasteiger partial charge in [0.1, 0.15) is 0 Å². The summed E-state index contributed by atoms with van der Waals surface area (Å²) in [5.41, 5.74) is 3.07. The Hall–Kier alpha value is -3.94. The zero-order chi connectivity index (χ0) is 23.1. The minimum atomic E-state index is -3.04. The first-order valence-corrected chi connectivity index (χ1v) is 9.73. The molecule has 0 bridgehead atoms. The number of hydrogen-bond acceptors (Lipinski definition) is 4. The molecule has 0 aliphatic heterocycles. The Kier molecular flexibility index (Phi) is 7.38. The zero-order valence-corrected chi connectivity index (χ0v) is 17.5. The Morgan fingerprint density at radius 1 is 0.906 bits per heavy atom. The maximum Gasteiger partial charge on any atom is 0.387 e. The third-order valence-corrected chi connectivity index (χ3v) is 4.59. The standard InChI is InChI=1S/C24H22F2N2O4/c1-15-6-8-17(9-7-15)23(30)28-19-5-3-4-16(12-19)14-27-22(29)18-10-11-20(31-2)21(13-18)32-24(25)26/h3-13,24H,14H2,1-2H3,(H,27,29)(H,28,30). The maximum atomic E-state index is 12.6. The lowest BCUT2D eigenvalue weighted by atomic mass is 10.1. The van der Waals surface area contributed by atoms with Crippen molar-refractivity contribution in [2.45, 2.75) is 20.1 Å². The predicted octanol–water partition coefficient (Wildman–Crippen LogP) is 4.79. The molecule has 0 spiro atoms. The number of anilines is 1. The normalized spacial score (nSPS) is 10.5. The van der Waals surface area contributed by atoms with Crippen LogP contribution in [0.1, 0.15) is 31.8 Å². The van der Waals surface area contributed by atoms with Crippen molar-refractivity contribution in [3.05, 3.63) is 89.0 Å². The Morgan fingerprint density at radius 3 is 2.31 bits per heavy atom. The molecule has 2 N–H and O–H groups in total. The maximum absolute atomic E-state index is 12.6. The van der Waals surface area contributed by atoms with Gasteiger partial charge in [0.15, 0.2) is 11.5 Å². The van der Waals surface area contributed by atoms with Gasteiger partial charge < -0.3 is 20.1 Å². The minimum absolute atomic E-state index is 0.0962. The number of carbonyl (C=O) groups is 2. The second-order valence-electron chi connectivity index (χ2n) is 6.95. The summed E-state index contributed by atoms with van der Waals surface area (Å²) in [5.74, 6) is -0.841. The van der Waals surface area contributed by atoms with Gasteiger partial charge in [-0.2, -0.15) is 8.78 Å². The van der Waals surface area contributed by atoms with E-state index in [1.807, 2.05) is 19.1 Å². The largest absolute Gasteiger partial charge is 0.493 e. The molecular formula is C24H22F2N2O4. The molecule has 0 aliphatic carbocycles. The van der Waals surface area contributed by atoms with E-state index in [1.165, 1.54) is 25.3 Å². The van der Waals surface area contributed by atoms with E-state index in [-0.39, 0.29) is 29.5 Å². The number of hydrogen-bond donors (Lipinski definition) is 2. The summed E-state index contributed by atoms with van der Waals surface area (Å²) in [6.45, 7) is -0.928. The van der Waals surface area contributed by atoms with E-state index in [9.17, 15) is 18.4 Å². The molecule has 0 aliphatic rings. The lowest BCUT2D eigenvalue weighted by Crippen LogP contribution is -2.23. The van der Waals surface area contributed by atoms with Crippen LogP contribution < -0.4 is 20.1 Å². The summed E-state index contributed by atoms with van der Waals surface area (Å²) < 4.78 is 34.5. The van der Waals surface area contributed by atoms with E-state index in [4.69, 9.17) is 4.74 Å². The number of amides is 2. The molecule has 0 radical (unpaired) electrons. The van der Waals surface area contributed by atoms with Crippen LogP contribution in [0.25, 0.3) is 0 Å². The summed E-state index contributed by atoms with van der Waals surface area (Å²) >= 11 is 0. The molecule has 3 aromatic carbocycles. The summed E-state index contributed by atoms with van der Waals surface area (Å²) in [5, 5.41) is 5.54. The van der Waals surface area contributed by atoms with Crippen molar-refractivity contribution < 1.29 is 27.8 Å². The monoisotopic (exact) mass is 440 g/mol. The van der Waals surface area contributed by atoms with E-state index >= 15 is 0 Å². The van der Waals surface area contributed by atoms with Crippen LogP contribution in [0.2, 0.25) is 0 Å². The van der Waals surface area contributed by atoms with Gasteiger partial charge in [-0.3, -0.25) is 9.59 Å². The van der Waals surface area contributed by atoms with Gasteiger partial charge in [0.2, 0.25) is 0 Å². The smallest absolute Gasteiger partial charge is 0.387 e. The number of methoxy groups -OCH3 is 1. The van der Waals surface area contributed by atoms with Crippen molar-refractivity contribution in [3.8, 4) is 11.5 Å².